The lowest BCUT2D eigenvalue weighted by Crippen LogP contribution is -2.37. The molecule has 1 atom stereocenters. The average Bonchev–Trinajstić information content (AvgIpc) is 3.33. The molecule has 2 amide bonds. The van der Waals surface area contributed by atoms with E-state index in [2.05, 4.69) is 10.3 Å². The number of carbonyl (C=O) groups excluding carboxylic acids is 2. The van der Waals surface area contributed by atoms with Gasteiger partial charge in [-0.2, -0.15) is 0 Å². The fourth-order valence-electron chi connectivity index (χ4n) is 4.06. The summed E-state index contributed by atoms with van der Waals surface area (Å²) < 4.78 is 4.70. The van der Waals surface area contributed by atoms with Crippen LogP contribution in [0.5, 0.6) is 0 Å². The zero-order chi connectivity index (χ0) is 17.4. The van der Waals surface area contributed by atoms with Crippen molar-refractivity contribution in [2.45, 2.75) is 44.7 Å². The summed E-state index contributed by atoms with van der Waals surface area (Å²) in [5, 5.41) is 7.61. The highest BCUT2D eigenvalue weighted by atomic mass is 16.6. The summed E-state index contributed by atoms with van der Waals surface area (Å²) >= 11 is 0. The van der Waals surface area contributed by atoms with Crippen LogP contribution in [0.2, 0.25) is 0 Å². The summed E-state index contributed by atoms with van der Waals surface area (Å²) in [6.07, 6.45) is 4.87. The molecule has 1 aliphatic carbocycles. The van der Waals surface area contributed by atoms with Crippen molar-refractivity contribution in [2.75, 3.05) is 13.6 Å². The highest BCUT2D eigenvalue weighted by molar-refractivity contribution is 5.89. The first-order valence-electron chi connectivity index (χ1n) is 8.87. The summed E-state index contributed by atoms with van der Waals surface area (Å²) in [4.78, 5) is 28.7. The van der Waals surface area contributed by atoms with Crippen LogP contribution in [0.15, 0.2) is 22.8 Å². The van der Waals surface area contributed by atoms with Crippen LogP contribution < -0.4 is 0 Å². The molecule has 132 valence electrons. The lowest BCUT2D eigenvalue weighted by molar-refractivity contribution is -0.135. The molecule has 25 heavy (non-hydrogen) atoms. The Hall–Kier alpha value is -2.44. The van der Waals surface area contributed by atoms with E-state index in [9.17, 15) is 9.59 Å². The van der Waals surface area contributed by atoms with Crippen LogP contribution in [0, 0.1) is 5.92 Å². The van der Waals surface area contributed by atoms with Crippen molar-refractivity contribution in [1.82, 2.24) is 20.1 Å². The van der Waals surface area contributed by atoms with Crippen molar-refractivity contribution in [3.63, 3.8) is 0 Å². The van der Waals surface area contributed by atoms with Crippen LogP contribution in [-0.2, 0) is 16.1 Å². The SMILES string of the molecule is CN(Cc1ccc2nonc2c1)C(=O)C1CC(=O)N(C2CCCC2)C1. The van der Waals surface area contributed by atoms with Gasteiger partial charge in [-0.25, -0.2) is 4.63 Å². The minimum absolute atomic E-state index is 0.0345. The maximum Gasteiger partial charge on any atom is 0.228 e. The first-order valence-corrected chi connectivity index (χ1v) is 8.87. The van der Waals surface area contributed by atoms with Crippen molar-refractivity contribution in [3.8, 4) is 0 Å². The maximum atomic E-state index is 12.8. The molecule has 0 N–H and O–H groups in total. The van der Waals surface area contributed by atoms with E-state index in [4.69, 9.17) is 4.63 Å². The third-order valence-corrected chi connectivity index (χ3v) is 5.39. The van der Waals surface area contributed by atoms with Gasteiger partial charge in [0, 0.05) is 32.6 Å². The van der Waals surface area contributed by atoms with Crippen molar-refractivity contribution >= 4 is 22.8 Å². The van der Waals surface area contributed by atoms with Gasteiger partial charge >= 0.3 is 0 Å². The standard InChI is InChI=1S/C18H22N4O3/c1-21(10-12-6-7-15-16(8-12)20-25-19-15)18(24)13-9-17(23)22(11-13)14-4-2-3-5-14/h6-8,13-14H,2-5,9-11H2,1H3. The number of hydrogen-bond donors (Lipinski definition) is 0. The zero-order valence-corrected chi connectivity index (χ0v) is 14.4. The monoisotopic (exact) mass is 342 g/mol. The quantitative estimate of drug-likeness (QED) is 0.849. The van der Waals surface area contributed by atoms with Gasteiger partial charge in [-0.3, -0.25) is 9.59 Å². The second-order valence-corrected chi connectivity index (χ2v) is 7.17. The number of amides is 2. The Labute approximate surface area is 145 Å². The summed E-state index contributed by atoms with van der Waals surface area (Å²) in [6.45, 7) is 1.05. The number of benzene rings is 1. The summed E-state index contributed by atoms with van der Waals surface area (Å²) in [5.74, 6) is -0.0588. The largest absolute Gasteiger partial charge is 0.341 e. The number of likely N-dealkylation sites (tertiary alicyclic amines) is 1. The molecule has 0 spiro atoms. The van der Waals surface area contributed by atoms with Crippen LogP contribution in [-0.4, -0.2) is 51.6 Å². The van der Waals surface area contributed by atoms with Crippen LogP contribution >= 0.6 is 0 Å². The van der Waals surface area contributed by atoms with Gasteiger partial charge in [-0.15, -0.1) is 0 Å². The van der Waals surface area contributed by atoms with E-state index in [0.717, 1.165) is 18.4 Å². The van der Waals surface area contributed by atoms with E-state index in [1.54, 1.807) is 11.9 Å². The molecule has 1 saturated heterocycles. The van der Waals surface area contributed by atoms with Gasteiger partial charge in [0.25, 0.3) is 0 Å². The van der Waals surface area contributed by atoms with Gasteiger partial charge in [0.1, 0.15) is 11.0 Å². The molecular formula is C18H22N4O3. The fourth-order valence-corrected chi connectivity index (χ4v) is 4.06. The van der Waals surface area contributed by atoms with E-state index >= 15 is 0 Å². The van der Waals surface area contributed by atoms with Gasteiger partial charge in [0.15, 0.2) is 0 Å². The third kappa shape index (κ3) is 3.10. The molecule has 1 saturated carbocycles. The Morgan fingerprint density at radius 2 is 2.04 bits per heavy atom. The second-order valence-electron chi connectivity index (χ2n) is 7.17. The predicted octanol–water partition coefficient (Wildman–Crippen LogP) is 1.97. The Balaban J connectivity index is 1.40. The van der Waals surface area contributed by atoms with E-state index in [-0.39, 0.29) is 17.7 Å². The van der Waals surface area contributed by atoms with E-state index in [0.29, 0.717) is 36.6 Å². The van der Waals surface area contributed by atoms with Crippen molar-refractivity contribution in [1.29, 1.82) is 0 Å². The van der Waals surface area contributed by atoms with Crippen molar-refractivity contribution in [2.24, 2.45) is 5.92 Å². The molecule has 0 bridgehead atoms. The van der Waals surface area contributed by atoms with Crippen molar-refractivity contribution in [3.05, 3.63) is 23.8 Å². The topological polar surface area (TPSA) is 79.5 Å². The van der Waals surface area contributed by atoms with Crippen LogP contribution in [0.25, 0.3) is 11.0 Å². The minimum atomic E-state index is -0.226. The van der Waals surface area contributed by atoms with Gasteiger partial charge in [0.05, 0.1) is 5.92 Å². The van der Waals surface area contributed by atoms with E-state index < -0.39 is 0 Å². The first-order chi connectivity index (χ1) is 12.1. The first kappa shape index (κ1) is 16.1. The number of nitrogens with zero attached hydrogens (tertiary/aromatic N) is 4. The summed E-state index contributed by atoms with van der Waals surface area (Å²) in [6, 6.07) is 5.97. The predicted molar refractivity (Wildman–Crippen MR) is 90.4 cm³/mol. The van der Waals surface area contributed by atoms with E-state index in [1.165, 1.54) is 12.8 Å². The van der Waals surface area contributed by atoms with Crippen LogP contribution in [0.1, 0.15) is 37.7 Å². The Morgan fingerprint density at radius 3 is 2.84 bits per heavy atom. The summed E-state index contributed by atoms with van der Waals surface area (Å²) in [5.41, 5.74) is 2.35. The molecule has 2 fully saturated rings. The average molecular weight is 342 g/mol. The van der Waals surface area contributed by atoms with Gasteiger partial charge in [-0.05, 0) is 40.9 Å². The molecule has 0 radical (unpaired) electrons. The number of carbonyl (C=O) groups is 2. The number of fused-ring (bicyclic) bond motifs is 1. The molecule has 1 aliphatic heterocycles. The smallest absolute Gasteiger partial charge is 0.228 e. The van der Waals surface area contributed by atoms with Crippen LogP contribution in [0.3, 0.4) is 0 Å². The number of hydrogen-bond acceptors (Lipinski definition) is 5. The second kappa shape index (κ2) is 6.46. The molecular weight excluding hydrogens is 320 g/mol. The molecule has 2 heterocycles. The highest BCUT2D eigenvalue weighted by Crippen LogP contribution is 2.30. The fraction of sp³-hybridized carbons (Fsp3) is 0.556. The molecule has 7 heteroatoms. The molecule has 1 aromatic heterocycles. The van der Waals surface area contributed by atoms with Gasteiger partial charge in [-0.1, -0.05) is 18.9 Å². The molecule has 1 unspecified atom stereocenters. The molecule has 1 aromatic carbocycles. The molecule has 7 nitrogen and oxygen atoms in total. The normalized spacial score (nSPS) is 21.4. The third-order valence-electron chi connectivity index (χ3n) is 5.39. The Bertz CT molecular complexity index is 796. The van der Waals surface area contributed by atoms with Crippen molar-refractivity contribution < 1.29 is 14.2 Å². The van der Waals surface area contributed by atoms with Gasteiger partial charge in [0.2, 0.25) is 11.8 Å². The molecule has 4 rings (SSSR count). The number of rotatable bonds is 4. The molecule has 2 aromatic rings. The lowest BCUT2D eigenvalue weighted by Gasteiger charge is -2.25. The molecule has 2 aliphatic rings. The summed E-state index contributed by atoms with van der Waals surface area (Å²) in [7, 11) is 1.79. The number of aromatic nitrogens is 2. The zero-order valence-electron chi connectivity index (χ0n) is 14.4. The minimum Gasteiger partial charge on any atom is -0.341 e. The van der Waals surface area contributed by atoms with E-state index in [1.807, 2.05) is 23.1 Å². The lowest BCUT2D eigenvalue weighted by atomic mass is 10.1. The maximum absolute atomic E-state index is 12.8. The van der Waals surface area contributed by atoms with Gasteiger partial charge < -0.3 is 9.80 Å². The Morgan fingerprint density at radius 1 is 1.28 bits per heavy atom. The Kier molecular flexibility index (Phi) is 4.15. The van der Waals surface area contributed by atoms with Crippen LogP contribution in [0.4, 0.5) is 0 Å². The highest BCUT2D eigenvalue weighted by Gasteiger charge is 2.39.